The van der Waals surface area contributed by atoms with E-state index in [1.807, 2.05) is 0 Å². The zero-order valence-electron chi connectivity index (χ0n) is 10.3. The number of carboxylic acid groups (broad SMARTS) is 1. The monoisotopic (exact) mass is 265 g/mol. The number of carboxylic acids is 1. The summed E-state index contributed by atoms with van der Waals surface area (Å²) < 4.78 is 4.99. The molecule has 1 aromatic rings. The molecule has 1 amide bonds. The molecule has 102 valence electrons. The Hall–Kier alpha value is -2.34. The first-order chi connectivity index (χ1) is 9.15. The van der Waals surface area contributed by atoms with Crippen LogP contribution in [0.4, 0.5) is 0 Å². The number of hydrogen-bond acceptors (Lipinski definition) is 4. The van der Waals surface area contributed by atoms with E-state index in [0.717, 1.165) is 10.6 Å². The van der Waals surface area contributed by atoms with Crippen molar-refractivity contribution >= 4 is 12.4 Å². The molecule has 0 bridgehead atoms. The fraction of sp³-hybridized carbons (Fsp3) is 0.231. The minimum atomic E-state index is -1.03. The van der Waals surface area contributed by atoms with Crippen molar-refractivity contribution in [3.05, 3.63) is 42.5 Å². The summed E-state index contributed by atoms with van der Waals surface area (Å²) in [5.74, 6) is -0.579. The van der Waals surface area contributed by atoms with Crippen LogP contribution in [0.3, 0.4) is 0 Å². The van der Waals surface area contributed by atoms with Gasteiger partial charge >= 0.3 is 5.97 Å². The quantitative estimate of drug-likeness (QED) is 0.413. The molecule has 0 saturated carbocycles. The summed E-state index contributed by atoms with van der Waals surface area (Å²) in [6.07, 6.45) is 2.12. The minimum absolute atomic E-state index is 0.249. The summed E-state index contributed by atoms with van der Waals surface area (Å²) in [5, 5.41) is 9.62. The molecule has 1 rings (SSSR count). The molecule has 0 aliphatic heterocycles. The molecule has 6 nitrogen and oxygen atoms in total. The Labute approximate surface area is 110 Å². The van der Waals surface area contributed by atoms with E-state index < -0.39 is 5.97 Å². The summed E-state index contributed by atoms with van der Waals surface area (Å²) in [5.41, 5.74) is 0.832. The van der Waals surface area contributed by atoms with Gasteiger partial charge in [0.15, 0.2) is 6.61 Å². The fourth-order valence-corrected chi connectivity index (χ4v) is 1.28. The Morgan fingerprint density at radius 1 is 1.37 bits per heavy atom. The summed E-state index contributed by atoms with van der Waals surface area (Å²) in [6, 6.07) is 6.72. The molecule has 0 aromatic heterocycles. The van der Waals surface area contributed by atoms with Crippen LogP contribution in [-0.4, -0.2) is 35.8 Å². The predicted molar refractivity (Wildman–Crippen MR) is 67.3 cm³/mol. The van der Waals surface area contributed by atoms with Crippen LogP contribution in [0, 0.1) is 0 Å². The van der Waals surface area contributed by atoms with Crippen LogP contribution in [0.2, 0.25) is 0 Å². The Morgan fingerprint density at radius 3 is 2.58 bits per heavy atom. The van der Waals surface area contributed by atoms with Gasteiger partial charge in [-0.3, -0.25) is 9.63 Å². The zero-order valence-corrected chi connectivity index (χ0v) is 10.3. The first kappa shape index (κ1) is 14.7. The maximum Gasteiger partial charge on any atom is 0.341 e. The van der Waals surface area contributed by atoms with Crippen LogP contribution in [0.15, 0.2) is 36.9 Å². The second-order valence-corrected chi connectivity index (χ2v) is 3.59. The Morgan fingerprint density at radius 2 is 2.05 bits per heavy atom. The number of aliphatic carboxylic acids is 1. The average molecular weight is 265 g/mol. The lowest BCUT2D eigenvalue weighted by atomic mass is 10.2. The second kappa shape index (κ2) is 7.88. The molecule has 0 saturated heterocycles. The summed E-state index contributed by atoms with van der Waals surface area (Å²) in [7, 11) is 0. The van der Waals surface area contributed by atoms with Gasteiger partial charge in [0.2, 0.25) is 6.41 Å². The highest BCUT2D eigenvalue weighted by Gasteiger charge is 2.04. The Bertz CT molecular complexity index is 429. The third-order valence-electron chi connectivity index (χ3n) is 2.10. The average Bonchev–Trinajstić information content (AvgIpc) is 2.42. The van der Waals surface area contributed by atoms with Gasteiger partial charge in [-0.1, -0.05) is 18.2 Å². The van der Waals surface area contributed by atoms with Crippen LogP contribution in [0.25, 0.3) is 0 Å². The Kier molecular flexibility index (Phi) is 6.11. The first-order valence-corrected chi connectivity index (χ1v) is 5.55. The maximum absolute atomic E-state index is 10.7. The summed E-state index contributed by atoms with van der Waals surface area (Å²) in [4.78, 5) is 26.2. The van der Waals surface area contributed by atoms with Crippen molar-refractivity contribution in [3.63, 3.8) is 0 Å². The highest BCUT2D eigenvalue weighted by molar-refractivity contribution is 5.68. The second-order valence-electron chi connectivity index (χ2n) is 3.59. The predicted octanol–water partition coefficient (Wildman–Crippen LogP) is 1.23. The number of carbonyl (C=O) groups excluding carboxylic acids is 1. The highest BCUT2D eigenvalue weighted by Crippen LogP contribution is 2.13. The van der Waals surface area contributed by atoms with E-state index in [2.05, 4.69) is 6.58 Å². The van der Waals surface area contributed by atoms with E-state index in [9.17, 15) is 9.59 Å². The fourth-order valence-electron chi connectivity index (χ4n) is 1.28. The number of benzene rings is 1. The van der Waals surface area contributed by atoms with Gasteiger partial charge in [0.05, 0.1) is 13.2 Å². The highest BCUT2D eigenvalue weighted by atomic mass is 16.7. The van der Waals surface area contributed by atoms with Gasteiger partial charge in [-0.25, -0.2) is 9.86 Å². The smallest absolute Gasteiger partial charge is 0.341 e. The largest absolute Gasteiger partial charge is 0.482 e. The maximum atomic E-state index is 10.7. The van der Waals surface area contributed by atoms with Gasteiger partial charge < -0.3 is 9.84 Å². The van der Waals surface area contributed by atoms with E-state index in [0.29, 0.717) is 12.2 Å². The topological polar surface area (TPSA) is 76.1 Å². The molecule has 19 heavy (non-hydrogen) atoms. The van der Waals surface area contributed by atoms with E-state index in [1.165, 1.54) is 0 Å². The van der Waals surface area contributed by atoms with E-state index in [1.54, 1.807) is 30.3 Å². The lowest BCUT2D eigenvalue weighted by Crippen LogP contribution is -2.21. The van der Waals surface area contributed by atoms with Gasteiger partial charge in [-0.15, -0.1) is 6.58 Å². The molecule has 0 fully saturated rings. The van der Waals surface area contributed by atoms with Crippen molar-refractivity contribution in [2.45, 2.75) is 6.54 Å². The normalized spacial score (nSPS) is 9.68. The number of carbonyl (C=O) groups is 2. The summed E-state index contributed by atoms with van der Waals surface area (Å²) in [6.45, 7) is 3.64. The molecular formula is C13H15NO5. The molecule has 6 heteroatoms. The SMILES string of the molecule is C=CCON(C=O)Cc1ccc(OCC(=O)O)cc1. The molecular weight excluding hydrogens is 250 g/mol. The van der Waals surface area contributed by atoms with Crippen molar-refractivity contribution in [2.75, 3.05) is 13.2 Å². The molecule has 1 N–H and O–H groups in total. The van der Waals surface area contributed by atoms with Crippen LogP contribution in [0.1, 0.15) is 5.56 Å². The van der Waals surface area contributed by atoms with Crippen molar-refractivity contribution in [2.24, 2.45) is 0 Å². The lowest BCUT2D eigenvalue weighted by Gasteiger charge is -2.15. The van der Waals surface area contributed by atoms with Gasteiger partial charge in [-0.2, -0.15) is 0 Å². The van der Waals surface area contributed by atoms with E-state index in [-0.39, 0.29) is 19.8 Å². The van der Waals surface area contributed by atoms with Crippen molar-refractivity contribution in [3.8, 4) is 5.75 Å². The molecule has 0 aliphatic carbocycles. The zero-order chi connectivity index (χ0) is 14.1. The van der Waals surface area contributed by atoms with E-state index in [4.69, 9.17) is 14.7 Å². The molecule has 0 aliphatic rings. The van der Waals surface area contributed by atoms with Gasteiger partial charge in [0, 0.05) is 0 Å². The molecule has 0 atom stereocenters. The van der Waals surface area contributed by atoms with Crippen LogP contribution >= 0.6 is 0 Å². The molecule has 1 aromatic carbocycles. The number of hydroxylamine groups is 2. The number of nitrogens with zero attached hydrogens (tertiary/aromatic N) is 1. The molecule has 0 spiro atoms. The number of amides is 1. The third-order valence-corrected chi connectivity index (χ3v) is 2.10. The summed E-state index contributed by atoms with van der Waals surface area (Å²) >= 11 is 0. The number of ether oxygens (including phenoxy) is 1. The van der Waals surface area contributed by atoms with Gasteiger partial charge in [-0.05, 0) is 17.7 Å². The molecule has 0 radical (unpaired) electrons. The Balaban J connectivity index is 2.52. The van der Waals surface area contributed by atoms with Gasteiger partial charge in [0.1, 0.15) is 5.75 Å². The standard InChI is InChI=1S/C13H15NO5/c1-2-7-19-14(10-15)8-11-3-5-12(6-4-11)18-9-13(16)17/h2-6,10H,1,7-9H2,(H,16,17). The molecule has 0 unspecified atom stereocenters. The molecule has 0 heterocycles. The number of rotatable bonds is 9. The minimum Gasteiger partial charge on any atom is -0.482 e. The van der Waals surface area contributed by atoms with Crippen molar-refractivity contribution < 1.29 is 24.3 Å². The lowest BCUT2D eigenvalue weighted by molar-refractivity contribution is -0.170. The van der Waals surface area contributed by atoms with Crippen LogP contribution < -0.4 is 4.74 Å². The van der Waals surface area contributed by atoms with Crippen LogP contribution in [-0.2, 0) is 21.0 Å². The van der Waals surface area contributed by atoms with E-state index >= 15 is 0 Å². The third kappa shape index (κ3) is 5.69. The van der Waals surface area contributed by atoms with Crippen molar-refractivity contribution in [1.82, 2.24) is 5.06 Å². The van der Waals surface area contributed by atoms with Crippen LogP contribution in [0.5, 0.6) is 5.75 Å². The first-order valence-electron chi connectivity index (χ1n) is 5.55. The number of hydrogen-bond donors (Lipinski definition) is 1. The van der Waals surface area contributed by atoms with Gasteiger partial charge in [0.25, 0.3) is 0 Å². The van der Waals surface area contributed by atoms with Crippen molar-refractivity contribution in [1.29, 1.82) is 0 Å².